The summed E-state index contributed by atoms with van der Waals surface area (Å²) < 4.78 is 0. The third kappa shape index (κ3) is 4.25. The van der Waals surface area contributed by atoms with Gasteiger partial charge in [-0.2, -0.15) is 0 Å². The third-order valence-electron chi connectivity index (χ3n) is 2.00. The molecule has 0 atom stereocenters. The second-order valence-corrected chi connectivity index (χ2v) is 4.51. The van der Waals surface area contributed by atoms with Crippen molar-refractivity contribution in [1.82, 2.24) is 0 Å². The van der Waals surface area contributed by atoms with Crippen LogP contribution < -0.4 is 5.73 Å². The van der Waals surface area contributed by atoms with Gasteiger partial charge in [0.15, 0.2) is 0 Å². The highest BCUT2D eigenvalue weighted by Crippen LogP contribution is 2.25. The van der Waals surface area contributed by atoms with Crippen molar-refractivity contribution in [2.75, 3.05) is 11.5 Å². The number of nitrogens with two attached hydrogens (primary N) is 1. The number of aliphatic carboxylic acids is 1. The van der Waals surface area contributed by atoms with Crippen LogP contribution in [-0.4, -0.2) is 16.8 Å². The Kier molecular flexibility index (Phi) is 4.49. The minimum Gasteiger partial charge on any atom is -0.481 e. The van der Waals surface area contributed by atoms with Crippen LogP contribution in [0.25, 0.3) is 0 Å². The summed E-state index contributed by atoms with van der Waals surface area (Å²) in [5.74, 6) is 0.0799. The number of carbonyl (C=O) groups is 1. The minimum atomic E-state index is -0.736. The van der Waals surface area contributed by atoms with E-state index in [2.05, 4.69) is 0 Å². The molecule has 0 unspecified atom stereocenters. The topological polar surface area (TPSA) is 63.3 Å². The quantitative estimate of drug-likeness (QED) is 0.459. The summed E-state index contributed by atoms with van der Waals surface area (Å²) in [6.07, 6.45) is 0.919. The first kappa shape index (κ1) is 11.9. The number of benzene rings is 1. The number of thioether (sulfide) groups is 1. The number of hydrogen-bond donors (Lipinski definition) is 2. The van der Waals surface area contributed by atoms with Crippen LogP contribution in [0.4, 0.5) is 5.69 Å². The second-order valence-electron chi connectivity index (χ2n) is 3.37. The van der Waals surface area contributed by atoms with Gasteiger partial charge in [-0.1, -0.05) is 6.07 Å². The van der Waals surface area contributed by atoms with E-state index in [1.807, 2.05) is 25.1 Å². The van der Waals surface area contributed by atoms with E-state index in [0.29, 0.717) is 6.42 Å². The third-order valence-corrected chi connectivity index (χ3v) is 3.25. The normalized spacial score (nSPS) is 10.2. The van der Waals surface area contributed by atoms with Gasteiger partial charge in [-0.3, -0.25) is 4.79 Å². The van der Waals surface area contributed by atoms with Crippen LogP contribution in [0.15, 0.2) is 23.1 Å². The van der Waals surface area contributed by atoms with E-state index in [-0.39, 0.29) is 6.42 Å². The molecule has 0 aliphatic carbocycles. The lowest BCUT2D eigenvalue weighted by Gasteiger charge is -2.05. The summed E-state index contributed by atoms with van der Waals surface area (Å²) >= 11 is 1.66. The Morgan fingerprint density at radius 1 is 1.53 bits per heavy atom. The molecular formula is C11H15NO2S. The van der Waals surface area contributed by atoms with Gasteiger partial charge in [0.05, 0.1) is 0 Å². The Bertz CT molecular complexity index is 352. The number of hydrogen-bond acceptors (Lipinski definition) is 3. The van der Waals surface area contributed by atoms with E-state index in [0.717, 1.165) is 16.3 Å². The van der Waals surface area contributed by atoms with Crippen molar-refractivity contribution >= 4 is 23.4 Å². The Morgan fingerprint density at radius 3 is 2.93 bits per heavy atom. The fourth-order valence-corrected chi connectivity index (χ4v) is 2.20. The number of nitrogen functional groups attached to an aromatic ring is 1. The highest BCUT2D eigenvalue weighted by atomic mass is 32.2. The van der Waals surface area contributed by atoms with Crippen molar-refractivity contribution in [3.8, 4) is 0 Å². The monoisotopic (exact) mass is 225 g/mol. The molecule has 0 bridgehead atoms. The Hall–Kier alpha value is -1.16. The maximum atomic E-state index is 10.3. The zero-order chi connectivity index (χ0) is 11.3. The molecule has 0 radical (unpaired) electrons. The molecule has 15 heavy (non-hydrogen) atoms. The van der Waals surface area contributed by atoms with E-state index in [9.17, 15) is 4.79 Å². The van der Waals surface area contributed by atoms with Gasteiger partial charge >= 0.3 is 5.97 Å². The zero-order valence-corrected chi connectivity index (χ0v) is 9.51. The molecule has 1 aromatic rings. The first-order chi connectivity index (χ1) is 7.09. The molecular weight excluding hydrogens is 210 g/mol. The molecule has 0 saturated carbocycles. The molecule has 0 amide bonds. The summed E-state index contributed by atoms with van der Waals surface area (Å²) in [4.78, 5) is 11.4. The fraction of sp³-hybridized carbons (Fsp3) is 0.364. The van der Waals surface area contributed by atoms with Crippen molar-refractivity contribution in [2.45, 2.75) is 24.7 Å². The van der Waals surface area contributed by atoms with Crippen molar-refractivity contribution in [1.29, 1.82) is 0 Å². The number of carboxylic acid groups (broad SMARTS) is 1. The summed E-state index contributed by atoms with van der Waals surface area (Å²) in [5.41, 5.74) is 7.61. The molecule has 82 valence electrons. The lowest BCUT2D eigenvalue weighted by atomic mass is 10.2. The average Bonchev–Trinajstić information content (AvgIpc) is 2.17. The van der Waals surface area contributed by atoms with Crippen molar-refractivity contribution in [2.24, 2.45) is 0 Å². The summed E-state index contributed by atoms with van der Waals surface area (Å²) in [5, 5.41) is 8.48. The molecule has 0 aromatic heterocycles. The van der Waals surface area contributed by atoms with Crippen molar-refractivity contribution in [3.05, 3.63) is 23.8 Å². The van der Waals surface area contributed by atoms with Crippen molar-refractivity contribution < 1.29 is 9.90 Å². The Labute approximate surface area is 93.7 Å². The minimum absolute atomic E-state index is 0.231. The Morgan fingerprint density at radius 2 is 2.27 bits per heavy atom. The number of carboxylic acids is 1. The molecule has 0 fully saturated rings. The van der Waals surface area contributed by atoms with Crippen LogP contribution in [0.3, 0.4) is 0 Å². The van der Waals surface area contributed by atoms with Crippen molar-refractivity contribution in [3.63, 3.8) is 0 Å². The largest absolute Gasteiger partial charge is 0.481 e. The molecule has 3 nitrogen and oxygen atoms in total. The maximum Gasteiger partial charge on any atom is 0.303 e. The van der Waals surface area contributed by atoms with Gasteiger partial charge in [-0.15, -0.1) is 11.8 Å². The first-order valence-corrected chi connectivity index (χ1v) is 5.79. The summed E-state index contributed by atoms with van der Waals surface area (Å²) in [6, 6.07) is 5.78. The van der Waals surface area contributed by atoms with Gasteiger partial charge in [0, 0.05) is 17.0 Å². The SMILES string of the molecule is Cc1ccc(N)cc1SCCCC(=O)O. The van der Waals surface area contributed by atoms with E-state index in [1.165, 1.54) is 5.56 Å². The van der Waals surface area contributed by atoms with E-state index < -0.39 is 5.97 Å². The smallest absolute Gasteiger partial charge is 0.303 e. The molecule has 0 aliphatic heterocycles. The summed E-state index contributed by atoms with van der Waals surface area (Å²) in [6.45, 7) is 2.03. The van der Waals surface area contributed by atoms with Gasteiger partial charge in [-0.05, 0) is 36.8 Å². The van der Waals surface area contributed by atoms with Crippen LogP contribution in [0, 0.1) is 6.92 Å². The average molecular weight is 225 g/mol. The molecule has 0 saturated heterocycles. The van der Waals surface area contributed by atoms with Crippen LogP contribution in [0.1, 0.15) is 18.4 Å². The van der Waals surface area contributed by atoms with E-state index >= 15 is 0 Å². The second kappa shape index (κ2) is 5.66. The molecule has 1 rings (SSSR count). The number of rotatable bonds is 5. The van der Waals surface area contributed by atoms with E-state index in [1.54, 1.807) is 11.8 Å². The number of aryl methyl sites for hydroxylation is 1. The highest BCUT2D eigenvalue weighted by Gasteiger charge is 2.01. The standard InChI is InChI=1S/C11H15NO2S/c1-8-4-5-9(12)7-10(8)15-6-2-3-11(13)14/h4-5,7H,2-3,6,12H2,1H3,(H,13,14). The lowest BCUT2D eigenvalue weighted by molar-refractivity contribution is -0.137. The lowest BCUT2D eigenvalue weighted by Crippen LogP contribution is -1.95. The zero-order valence-electron chi connectivity index (χ0n) is 8.69. The highest BCUT2D eigenvalue weighted by molar-refractivity contribution is 7.99. The molecule has 4 heteroatoms. The molecule has 0 aliphatic rings. The van der Waals surface area contributed by atoms with Gasteiger partial charge in [0.25, 0.3) is 0 Å². The van der Waals surface area contributed by atoms with Crippen LogP contribution >= 0.6 is 11.8 Å². The number of anilines is 1. The predicted octanol–water partition coefficient (Wildman–Crippen LogP) is 2.53. The molecule has 1 aromatic carbocycles. The van der Waals surface area contributed by atoms with Crippen LogP contribution in [0.2, 0.25) is 0 Å². The predicted molar refractivity (Wildman–Crippen MR) is 63.2 cm³/mol. The Balaban J connectivity index is 2.43. The summed E-state index contributed by atoms with van der Waals surface area (Å²) in [7, 11) is 0. The first-order valence-electron chi connectivity index (χ1n) is 4.80. The fourth-order valence-electron chi connectivity index (χ4n) is 1.18. The van der Waals surface area contributed by atoms with Gasteiger partial charge in [0.1, 0.15) is 0 Å². The van der Waals surface area contributed by atoms with Crippen LogP contribution in [-0.2, 0) is 4.79 Å². The van der Waals surface area contributed by atoms with Gasteiger partial charge < -0.3 is 10.8 Å². The van der Waals surface area contributed by atoms with Crippen LogP contribution in [0.5, 0.6) is 0 Å². The molecule has 0 spiro atoms. The van der Waals surface area contributed by atoms with Gasteiger partial charge in [0.2, 0.25) is 0 Å². The van der Waals surface area contributed by atoms with Gasteiger partial charge in [-0.25, -0.2) is 0 Å². The van der Waals surface area contributed by atoms with E-state index in [4.69, 9.17) is 10.8 Å². The maximum absolute atomic E-state index is 10.3. The molecule has 0 heterocycles. The molecule has 3 N–H and O–H groups in total.